The lowest BCUT2D eigenvalue weighted by atomic mass is 10.1. The van der Waals surface area contributed by atoms with Crippen molar-refractivity contribution in [2.45, 2.75) is 53.1 Å². The number of oxazole rings is 1. The van der Waals surface area contributed by atoms with Crippen LogP contribution in [0.5, 0.6) is 5.75 Å². The second kappa shape index (κ2) is 15.2. The Morgan fingerprint density at radius 1 is 1.02 bits per heavy atom. The van der Waals surface area contributed by atoms with Crippen LogP contribution in [0.1, 0.15) is 38.8 Å². The first-order valence-corrected chi connectivity index (χ1v) is 15.6. The van der Waals surface area contributed by atoms with Crippen molar-refractivity contribution in [3.63, 3.8) is 0 Å². The molecule has 4 aromatic heterocycles. The van der Waals surface area contributed by atoms with Crippen LogP contribution in [-0.4, -0.2) is 39.9 Å². The number of hydrogen-bond donors (Lipinski definition) is 2. The number of aryl methyl sites for hydroxylation is 3. The molecule has 6 aromatic rings. The molecular weight excluding hydrogens is 618 g/mol. The number of imidazole rings is 1. The van der Waals surface area contributed by atoms with Crippen LogP contribution in [0, 0.1) is 6.92 Å². The van der Waals surface area contributed by atoms with Crippen molar-refractivity contribution in [2.75, 3.05) is 0 Å². The van der Waals surface area contributed by atoms with Crippen LogP contribution >= 0.6 is 11.3 Å². The fourth-order valence-corrected chi connectivity index (χ4v) is 5.85. The highest BCUT2D eigenvalue weighted by Crippen LogP contribution is 2.35. The van der Waals surface area contributed by atoms with Crippen LogP contribution < -0.4 is 11.2 Å². The third-order valence-electron chi connectivity index (χ3n) is 7.37. The van der Waals surface area contributed by atoms with Gasteiger partial charge in [-0.15, -0.1) is 11.3 Å². The summed E-state index contributed by atoms with van der Waals surface area (Å²) in [6.45, 7) is 8.74. The van der Waals surface area contributed by atoms with Gasteiger partial charge in [-0.1, -0.05) is 42.5 Å². The number of nitrogens with zero attached hydrogens (tertiary/aromatic N) is 5. The Labute approximate surface area is 275 Å². The van der Waals surface area contributed by atoms with Crippen molar-refractivity contribution < 1.29 is 19.4 Å². The third-order valence-corrected chi connectivity index (χ3v) is 8.68. The monoisotopic (exact) mass is 655 g/mol. The molecular formula is C35H37N5O6S. The minimum atomic E-state index is -1.71. The zero-order valence-corrected chi connectivity index (χ0v) is 27.6. The van der Waals surface area contributed by atoms with Gasteiger partial charge in [0.15, 0.2) is 0 Å². The van der Waals surface area contributed by atoms with E-state index in [1.807, 2.05) is 79.2 Å². The smallest absolute Gasteiger partial charge is 0.333 e. The van der Waals surface area contributed by atoms with Crippen LogP contribution in [0.2, 0.25) is 0 Å². The summed E-state index contributed by atoms with van der Waals surface area (Å²) in [4.78, 5) is 47.9. The van der Waals surface area contributed by atoms with E-state index in [4.69, 9.17) is 9.52 Å². The average molecular weight is 656 g/mol. The molecule has 0 radical (unpaired) electrons. The van der Waals surface area contributed by atoms with Crippen molar-refractivity contribution in [3.8, 4) is 22.2 Å². The number of rotatable bonds is 7. The fraction of sp³-hybridized carbons (Fsp3) is 0.229. The van der Waals surface area contributed by atoms with Crippen molar-refractivity contribution in [2.24, 2.45) is 0 Å². The van der Waals surface area contributed by atoms with E-state index in [1.54, 1.807) is 31.6 Å². The van der Waals surface area contributed by atoms with Crippen LogP contribution in [0.3, 0.4) is 0 Å². The number of phenols is 1. The number of thiophene rings is 1. The molecule has 0 aliphatic carbocycles. The highest BCUT2D eigenvalue weighted by Gasteiger charge is 2.35. The predicted octanol–water partition coefficient (Wildman–Crippen LogP) is 6.41. The number of carbonyl (C=O) groups is 1. The van der Waals surface area contributed by atoms with E-state index in [0.29, 0.717) is 39.5 Å². The molecule has 11 nitrogen and oxygen atoms in total. The van der Waals surface area contributed by atoms with E-state index in [-0.39, 0.29) is 5.75 Å². The summed E-state index contributed by atoms with van der Waals surface area (Å²) in [5.74, 6) is -0.635. The van der Waals surface area contributed by atoms with E-state index in [9.17, 15) is 19.5 Å². The highest BCUT2D eigenvalue weighted by atomic mass is 32.1. The Kier molecular flexibility index (Phi) is 11.1. The maximum Gasteiger partial charge on any atom is 0.333 e. The quantitative estimate of drug-likeness (QED) is 0.188. The molecule has 0 fully saturated rings. The minimum Gasteiger partial charge on any atom is -0.508 e. The summed E-state index contributed by atoms with van der Waals surface area (Å²) in [6, 6.07) is 16.6. The number of aromatic nitrogens is 5. The largest absolute Gasteiger partial charge is 0.508 e. The van der Waals surface area contributed by atoms with Crippen molar-refractivity contribution in [1.82, 2.24) is 23.7 Å². The van der Waals surface area contributed by atoms with Crippen molar-refractivity contribution >= 4 is 27.5 Å². The number of hydrogen-bond acceptors (Lipinski definition) is 8. The van der Waals surface area contributed by atoms with Gasteiger partial charge in [0.2, 0.25) is 5.89 Å². The predicted molar refractivity (Wildman–Crippen MR) is 183 cm³/mol. The maximum atomic E-state index is 13.4. The second-order valence-corrected chi connectivity index (χ2v) is 11.9. The Balaban J connectivity index is 0.000000257. The van der Waals surface area contributed by atoms with Crippen LogP contribution in [0.4, 0.5) is 0 Å². The van der Waals surface area contributed by atoms with Gasteiger partial charge in [0, 0.05) is 24.6 Å². The van der Waals surface area contributed by atoms with Gasteiger partial charge in [-0.25, -0.2) is 24.1 Å². The molecule has 2 aromatic carbocycles. The Bertz CT molecular complexity index is 2050. The highest BCUT2D eigenvalue weighted by molar-refractivity contribution is 7.22. The van der Waals surface area contributed by atoms with Gasteiger partial charge in [-0.3, -0.25) is 9.36 Å². The molecule has 0 atom stereocenters. The molecule has 0 saturated carbocycles. The van der Waals surface area contributed by atoms with Crippen LogP contribution in [0.15, 0.2) is 112 Å². The number of carboxylic acids is 1. The summed E-state index contributed by atoms with van der Waals surface area (Å²) in [5.41, 5.74) is -0.370. The Morgan fingerprint density at radius 3 is 2.26 bits per heavy atom. The number of phenolic OH excluding ortho intramolecular Hbond substituents is 1. The van der Waals surface area contributed by atoms with Gasteiger partial charge < -0.3 is 19.2 Å². The molecule has 244 valence electrons. The van der Waals surface area contributed by atoms with E-state index in [2.05, 4.69) is 9.97 Å². The molecule has 47 heavy (non-hydrogen) atoms. The first-order valence-electron chi connectivity index (χ1n) is 14.8. The molecule has 0 bridgehead atoms. The lowest BCUT2D eigenvalue weighted by Crippen LogP contribution is -2.52. The summed E-state index contributed by atoms with van der Waals surface area (Å²) in [7, 11) is 0. The molecule has 0 unspecified atom stereocenters. The van der Waals surface area contributed by atoms with Crippen LogP contribution in [0.25, 0.3) is 26.7 Å². The molecule has 0 spiro atoms. The number of carboxylic acid groups (broad SMARTS) is 1. The number of allylic oxidation sites excluding steroid dienone is 2. The van der Waals surface area contributed by atoms with E-state index in [1.165, 1.54) is 42.2 Å². The standard InChI is InChI=1S/C22H21N3O5S.C9H8N2O.C4H8/c1-13-15-18(26)25(22(2,3)20(27)28)21(29)24(11-9-14-7-5-4-6-8-14)19(15)31-16(13)17-23-10-12-30-17;12-9-3-1-8(2-4-9)11-6-5-10-7-11;1-3-4-2/h4-8,10,12H,9,11H2,1-3H3,(H,27,28);1-7,12H;3-4H,1-2H3/b;;4-3-. The van der Waals surface area contributed by atoms with Gasteiger partial charge in [-0.2, -0.15) is 0 Å². The number of aliphatic carboxylic acids is 1. The van der Waals surface area contributed by atoms with Crippen LogP contribution in [-0.2, 0) is 23.3 Å². The van der Waals surface area contributed by atoms with E-state index >= 15 is 0 Å². The normalized spacial score (nSPS) is 11.2. The molecule has 12 heteroatoms. The van der Waals surface area contributed by atoms with Crippen molar-refractivity contribution in [1.29, 1.82) is 0 Å². The molecule has 2 N–H and O–H groups in total. The molecule has 0 amide bonds. The van der Waals surface area contributed by atoms with E-state index in [0.717, 1.165) is 15.8 Å². The lowest BCUT2D eigenvalue weighted by Gasteiger charge is -2.23. The Hall–Kier alpha value is -5.49. The first kappa shape index (κ1) is 34.4. The molecule has 4 heterocycles. The number of fused-ring (bicyclic) bond motifs is 1. The summed E-state index contributed by atoms with van der Waals surface area (Å²) < 4.78 is 9.61. The summed E-state index contributed by atoms with van der Waals surface area (Å²) in [5, 5.41) is 19.0. The van der Waals surface area contributed by atoms with Gasteiger partial charge in [0.05, 0.1) is 22.8 Å². The molecule has 6 rings (SSSR count). The maximum absolute atomic E-state index is 13.4. The lowest BCUT2D eigenvalue weighted by molar-refractivity contribution is -0.146. The van der Waals surface area contributed by atoms with Gasteiger partial charge in [0.25, 0.3) is 5.56 Å². The van der Waals surface area contributed by atoms with Gasteiger partial charge in [-0.05, 0) is 76.4 Å². The Morgan fingerprint density at radius 2 is 1.70 bits per heavy atom. The minimum absolute atomic E-state index is 0.277. The molecule has 0 aliphatic heterocycles. The van der Waals surface area contributed by atoms with Gasteiger partial charge in [0.1, 0.15) is 22.4 Å². The van der Waals surface area contributed by atoms with E-state index < -0.39 is 22.8 Å². The molecule has 0 saturated heterocycles. The van der Waals surface area contributed by atoms with Gasteiger partial charge >= 0.3 is 11.7 Å². The molecule has 0 aliphatic rings. The average Bonchev–Trinajstić information content (AvgIpc) is 3.85. The van der Waals surface area contributed by atoms with Crippen molar-refractivity contribution in [3.05, 3.63) is 130 Å². The SMILES string of the molecule is C/C=C\C.Cc1c(-c2ncco2)sc2c1c(=O)n(C(C)(C)C(=O)O)c(=O)n2CCc1ccccc1.Oc1ccc(-n2ccnc2)cc1. The first-order chi connectivity index (χ1) is 22.5. The third kappa shape index (κ3) is 7.67. The zero-order valence-electron chi connectivity index (χ0n) is 26.8. The second-order valence-electron chi connectivity index (χ2n) is 10.9. The topological polar surface area (TPSA) is 145 Å². The fourth-order valence-electron chi connectivity index (χ4n) is 4.59. The summed E-state index contributed by atoms with van der Waals surface area (Å²) >= 11 is 1.25. The summed E-state index contributed by atoms with van der Waals surface area (Å²) in [6.07, 6.45) is 12.8. The zero-order chi connectivity index (χ0) is 34.1. The number of benzene rings is 2. The number of aromatic hydroxyl groups is 1.